The van der Waals surface area contributed by atoms with E-state index in [-0.39, 0.29) is 74.6 Å². The molecule has 66 heavy (non-hydrogen) atoms. The SMILES string of the molecule is CN[C@@H](C)C(=O)N[C@@H](CCNC(=O)NCC[C@H](NC(=O)[C@H](C)NC)C(=O)N1CCC[C@H]1C(=O)N[C@@H]1CCCc2ccccc21)C(=O)N1CCC[C@H]1C(=O)N[C@@H]1CCCc2ccccc21.Cl.Cl. The largest absolute Gasteiger partial charge is 0.347 e. The van der Waals surface area contributed by atoms with Gasteiger partial charge in [0.25, 0.3) is 0 Å². The van der Waals surface area contributed by atoms with E-state index in [0.29, 0.717) is 38.8 Å². The summed E-state index contributed by atoms with van der Waals surface area (Å²) in [5, 5.41) is 23.3. The van der Waals surface area contributed by atoms with Gasteiger partial charge in [0.2, 0.25) is 35.4 Å². The Morgan fingerprint density at radius 1 is 0.576 bits per heavy atom. The number of rotatable bonds is 18. The first-order valence-electron chi connectivity index (χ1n) is 23.2. The third kappa shape index (κ3) is 13.6. The van der Waals surface area contributed by atoms with Crippen molar-refractivity contribution in [3.63, 3.8) is 0 Å². The molecular formula is C47H70Cl2N10O7. The van der Waals surface area contributed by atoms with Gasteiger partial charge in [-0.05, 0) is 127 Å². The van der Waals surface area contributed by atoms with Gasteiger partial charge in [-0.3, -0.25) is 28.8 Å². The lowest BCUT2D eigenvalue weighted by molar-refractivity contribution is -0.142. The van der Waals surface area contributed by atoms with E-state index in [1.165, 1.54) is 11.1 Å². The van der Waals surface area contributed by atoms with Crippen LogP contribution in [0.1, 0.15) is 112 Å². The molecule has 17 nitrogen and oxygen atoms in total. The second-order valence-electron chi connectivity index (χ2n) is 17.6. The molecule has 0 saturated carbocycles. The normalized spacial score (nSPS) is 21.5. The lowest BCUT2D eigenvalue weighted by atomic mass is 9.87. The fourth-order valence-electron chi connectivity index (χ4n) is 9.44. The molecule has 19 heteroatoms. The second kappa shape index (κ2) is 25.8. The molecule has 2 aliphatic carbocycles. The fourth-order valence-corrected chi connectivity index (χ4v) is 9.44. The molecule has 8 N–H and O–H groups in total. The number of carbonyl (C=O) groups excluding carboxylic acids is 7. The Bertz CT molecular complexity index is 1870. The summed E-state index contributed by atoms with van der Waals surface area (Å²) < 4.78 is 0. The summed E-state index contributed by atoms with van der Waals surface area (Å²) >= 11 is 0. The number of likely N-dealkylation sites (tertiary alicyclic amines) is 2. The molecule has 2 saturated heterocycles. The summed E-state index contributed by atoms with van der Waals surface area (Å²) in [5.74, 6) is -2.03. The zero-order chi connectivity index (χ0) is 45.8. The van der Waals surface area contributed by atoms with Crippen LogP contribution in [0.15, 0.2) is 48.5 Å². The Labute approximate surface area is 401 Å². The average molecular weight is 958 g/mol. The Kier molecular flexibility index (Phi) is 21.0. The first-order chi connectivity index (χ1) is 30.9. The van der Waals surface area contributed by atoms with Gasteiger partial charge in [0, 0.05) is 26.2 Å². The molecule has 0 aromatic heterocycles. The van der Waals surface area contributed by atoms with E-state index in [1.54, 1.807) is 37.7 Å². The number of hydrogen-bond acceptors (Lipinski definition) is 9. The molecular weight excluding hydrogens is 887 g/mol. The summed E-state index contributed by atoms with van der Waals surface area (Å²) in [7, 11) is 3.28. The van der Waals surface area contributed by atoms with Gasteiger partial charge in [-0.2, -0.15) is 0 Å². The Balaban J connectivity index is 0.00000476. The lowest BCUT2D eigenvalue weighted by Gasteiger charge is -2.32. The number of hydrogen-bond donors (Lipinski definition) is 8. The Morgan fingerprint density at radius 2 is 0.970 bits per heavy atom. The van der Waals surface area contributed by atoms with Gasteiger partial charge in [0.05, 0.1) is 24.2 Å². The van der Waals surface area contributed by atoms with Gasteiger partial charge in [-0.25, -0.2) is 4.79 Å². The molecule has 8 atom stereocenters. The third-order valence-electron chi connectivity index (χ3n) is 13.4. The van der Waals surface area contributed by atoms with Gasteiger partial charge in [0.15, 0.2) is 0 Å². The van der Waals surface area contributed by atoms with E-state index in [4.69, 9.17) is 0 Å². The van der Waals surface area contributed by atoms with Crippen molar-refractivity contribution in [3.8, 4) is 0 Å². The highest BCUT2D eigenvalue weighted by Crippen LogP contribution is 2.32. The number of carbonyl (C=O) groups is 7. The number of likely N-dealkylation sites (N-methyl/N-ethyl adjacent to an activating group) is 2. The summed E-state index contributed by atoms with van der Waals surface area (Å²) in [6.07, 6.45) is 7.83. The van der Waals surface area contributed by atoms with Crippen LogP contribution in [0.5, 0.6) is 0 Å². The van der Waals surface area contributed by atoms with E-state index in [1.807, 2.05) is 36.4 Å². The molecule has 364 valence electrons. The van der Waals surface area contributed by atoms with Gasteiger partial charge in [-0.1, -0.05) is 48.5 Å². The number of aryl methyl sites for hydroxylation is 2. The van der Waals surface area contributed by atoms with Crippen molar-refractivity contribution in [2.24, 2.45) is 0 Å². The van der Waals surface area contributed by atoms with Crippen molar-refractivity contribution in [3.05, 3.63) is 70.8 Å². The van der Waals surface area contributed by atoms with Gasteiger partial charge in [0.1, 0.15) is 24.2 Å². The van der Waals surface area contributed by atoms with Crippen LogP contribution in [0.25, 0.3) is 0 Å². The maximum absolute atomic E-state index is 14.1. The zero-order valence-electron chi connectivity index (χ0n) is 38.6. The maximum atomic E-state index is 14.1. The fraction of sp³-hybridized carbons (Fsp3) is 0.596. The van der Waals surface area contributed by atoms with E-state index < -0.39 is 65.9 Å². The number of halogens is 2. The molecule has 6 rings (SSSR count). The van der Waals surface area contributed by atoms with Crippen LogP contribution >= 0.6 is 24.8 Å². The number of nitrogens with zero attached hydrogens (tertiary/aromatic N) is 2. The topological polar surface area (TPSA) is 222 Å². The van der Waals surface area contributed by atoms with Crippen LogP contribution in [0.4, 0.5) is 4.79 Å². The monoisotopic (exact) mass is 956 g/mol. The van der Waals surface area contributed by atoms with E-state index in [0.717, 1.165) is 49.7 Å². The zero-order valence-corrected chi connectivity index (χ0v) is 40.3. The third-order valence-corrected chi connectivity index (χ3v) is 13.4. The molecule has 2 aromatic carbocycles. The molecule has 8 amide bonds. The van der Waals surface area contributed by atoms with Gasteiger partial charge >= 0.3 is 6.03 Å². The molecule has 0 unspecified atom stereocenters. The highest BCUT2D eigenvalue weighted by atomic mass is 35.5. The van der Waals surface area contributed by atoms with E-state index in [2.05, 4.69) is 54.7 Å². The summed E-state index contributed by atoms with van der Waals surface area (Å²) in [6.45, 7) is 4.09. The van der Waals surface area contributed by atoms with Crippen LogP contribution in [-0.4, -0.2) is 128 Å². The molecule has 2 aliphatic heterocycles. The molecule has 0 radical (unpaired) electrons. The summed E-state index contributed by atoms with van der Waals surface area (Å²) in [5.41, 5.74) is 4.64. The number of amides is 8. The summed E-state index contributed by atoms with van der Waals surface area (Å²) in [6, 6.07) is 10.7. The number of urea groups is 1. The van der Waals surface area contributed by atoms with Crippen molar-refractivity contribution >= 4 is 66.3 Å². The van der Waals surface area contributed by atoms with Crippen molar-refractivity contribution < 1.29 is 33.6 Å². The minimum absolute atomic E-state index is 0. The van der Waals surface area contributed by atoms with Crippen molar-refractivity contribution in [1.29, 1.82) is 0 Å². The summed E-state index contributed by atoms with van der Waals surface area (Å²) in [4.78, 5) is 98.1. The lowest BCUT2D eigenvalue weighted by Crippen LogP contribution is -2.57. The minimum atomic E-state index is -1.02. The molecule has 2 aromatic rings. The molecule has 2 heterocycles. The second-order valence-corrected chi connectivity index (χ2v) is 17.6. The predicted molar refractivity (Wildman–Crippen MR) is 256 cm³/mol. The van der Waals surface area contributed by atoms with Crippen molar-refractivity contribution in [2.45, 2.75) is 139 Å². The Hall–Kier alpha value is -4.97. The quantitative estimate of drug-likeness (QED) is 0.110. The van der Waals surface area contributed by atoms with E-state index >= 15 is 0 Å². The van der Waals surface area contributed by atoms with Crippen LogP contribution in [0.2, 0.25) is 0 Å². The van der Waals surface area contributed by atoms with Crippen LogP contribution in [0, 0.1) is 0 Å². The number of fused-ring (bicyclic) bond motifs is 2. The molecule has 2 fully saturated rings. The molecule has 4 aliphatic rings. The van der Waals surface area contributed by atoms with Crippen LogP contribution in [0.3, 0.4) is 0 Å². The van der Waals surface area contributed by atoms with Crippen LogP contribution < -0.4 is 42.5 Å². The predicted octanol–water partition coefficient (Wildman–Crippen LogP) is 2.46. The smallest absolute Gasteiger partial charge is 0.314 e. The minimum Gasteiger partial charge on any atom is -0.347 e. The van der Waals surface area contributed by atoms with Crippen molar-refractivity contribution in [1.82, 2.24) is 52.3 Å². The van der Waals surface area contributed by atoms with Gasteiger partial charge < -0.3 is 52.3 Å². The highest BCUT2D eigenvalue weighted by molar-refractivity contribution is 5.95. The maximum Gasteiger partial charge on any atom is 0.314 e. The standard InChI is InChI=1S/C47H68N10O7.2ClH/c1-29(48-3)41(58)54-37(45(62)56-27-11-21-39(56)43(60)52-35-19-9-15-31-13-5-7-17-33(31)35)23-25-50-47(64)51-26-24-38(55-42(59)30(2)49-4)46(63)57-28-12-22-40(57)44(61)53-36-20-10-16-32-14-6-8-18-34(32)36;;/h5-8,13-14,17-18,29-30,35-40,48-49H,9-12,15-16,19-28H2,1-4H3,(H,52,60)(H,53,61)(H,54,58)(H,55,59)(H2,50,51,64);2*1H/t29-,30-,35+,36+,37-,38-,39-,40-;;/m0../s1. The average Bonchev–Trinajstić information content (AvgIpc) is 4.02. The van der Waals surface area contributed by atoms with Crippen molar-refractivity contribution in [2.75, 3.05) is 40.3 Å². The number of benzene rings is 2. The number of nitrogens with one attached hydrogen (secondary N) is 8. The van der Waals surface area contributed by atoms with E-state index in [9.17, 15) is 33.6 Å². The van der Waals surface area contributed by atoms with Crippen LogP contribution in [-0.2, 0) is 41.6 Å². The first-order valence-corrected chi connectivity index (χ1v) is 23.2. The Morgan fingerprint density at radius 3 is 1.36 bits per heavy atom. The molecule has 0 bridgehead atoms. The highest BCUT2D eigenvalue weighted by Gasteiger charge is 2.41. The van der Waals surface area contributed by atoms with Gasteiger partial charge in [-0.15, -0.1) is 24.8 Å². The molecule has 0 spiro atoms. The first kappa shape index (κ1) is 53.6.